The molecule has 6 nitrogen and oxygen atoms in total. The maximum atomic E-state index is 12.6. The summed E-state index contributed by atoms with van der Waals surface area (Å²) in [5, 5.41) is 15.4. The minimum absolute atomic E-state index is 0.240. The predicted molar refractivity (Wildman–Crippen MR) is 80.6 cm³/mol. The molecule has 0 aliphatic heterocycles. The van der Waals surface area contributed by atoms with E-state index in [1.807, 2.05) is 0 Å². The van der Waals surface area contributed by atoms with E-state index in [1.54, 1.807) is 13.8 Å². The topological polar surface area (TPSA) is 84.2 Å². The van der Waals surface area contributed by atoms with Gasteiger partial charge in [0.25, 0.3) is 0 Å². The fourth-order valence-corrected chi connectivity index (χ4v) is 2.58. The lowest BCUT2D eigenvalue weighted by atomic mass is 9.96. The summed E-state index contributed by atoms with van der Waals surface area (Å²) in [6.45, 7) is 6.57. The van der Waals surface area contributed by atoms with Gasteiger partial charge in [0.2, 0.25) is 5.91 Å². The molecule has 2 N–H and O–H groups in total. The third-order valence-corrected chi connectivity index (χ3v) is 3.82. The average molecular weight is 349 g/mol. The van der Waals surface area contributed by atoms with E-state index >= 15 is 0 Å². The van der Waals surface area contributed by atoms with Crippen LogP contribution in [0.5, 0.6) is 0 Å². The second-order valence-electron chi connectivity index (χ2n) is 6.15. The van der Waals surface area contributed by atoms with Gasteiger partial charge in [-0.2, -0.15) is 18.3 Å². The summed E-state index contributed by atoms with van der Waals surface area (Å²) >= 11 is 0. The maximum Gasteiger partial charge on any atom is 0.408 e. The molecule has 0 radical (unpaired) electrons. The third-order valence-electron chi connectivity index (χ3n) is 3.82. The van der Waals surface area contributed by atoms with E-state index in [0.717, 1.165) is 4.68 Å². The number of aliphatic carboxylic acids is 1. The quantitative estimate of drug-likeness (QED) is 0.826. The van der Waals surface area contributed by atoms with Gasteiger partial charge < -0.3 is 10.4 Å². The Morgan fingerprint density at radius 2 is 1.79 bits per heavy atom. The largest absolute Gasteiger partial charge is 0.480 e. The first-order valence-corrected chi connectivity index (χ1v) is 7.49. The number of hydrogen-bond acceptors (Lipinski definition) is 3. The molecule has 136 valence electrons. The number of alkyl halides is 3. The van der Waals surface area contributed by atoms with Crippen LogP contribution in [0, 0.1) is 19.8 Å². The molecule has 1 unspecified atom stereocenters. The van der Waals surface area contributed by atoms with Crippen LogP contribution in [0.15, 0.2) is 0 Å². The summed E-state index contributed by atoms with van der Waals surface area (Å²) in [7, 11) is 0. The monoisotopic (exact) mass is 349 g/mol. The van der Waals surface area contributed by atoms with Crippen molar-refractivity contribution < 1.29 is 27.9 Å². The van der Waals surface area contributed by atoms with E-state index in [1.165, 1.54) is 20.8 Å². The minimum atomic E-state index is -4.42. The Morgan fingerprint density at radius 1 is 1.25 bits per heavy atom. The van der Waals surface area contributed by atoms with Gasteiger partial charge in [-0.05, 0) is 26.7 Å². The summed E-state index contributed by atoms with van der Waals surface area (Å²) < 4.78 is 38.5. The Balaban J connectivity index is 3.04. The lowest BCUT2D eigenvalue weighted by molar-refractivity contribution is -0.143. The van der Waals surface area contributed by atoms with E-state index in [9.17, 15) is 22.8 Å². The van der Waals surface area contributed by atoms with Crippen LogP contribution < -0.4 is 5.32 Å². The van der Waals surface area contributed by atoms with Crippen molar-refractivity contribution in [3.8, 4) is 0 Å². The van der Waals surface area contributed by atoms with Crippen molar-refractivity contribution in [2.45, 2.75) is 59.3 Å². The second-order valence-corrected chi connectivity index (χ2v) is 6.15. The van der Waals surface area contributed by atoms with E-state index in [4.69, 9.17) is 5.11 Å². The number of aryl methyl sites for hydroxylation is 1. The highest BCUT2D eigenvalue weighted by atomic mass is 19.4. The molecule has 0 spiro atoms. The van der Waals surface area contributed by atoms with Gasteiger partial charge in [0.05, 0.1) is 11.6 Å². The van der Waals surface area contributed by atoms with Gasteiger partial charge >= 0.3 is 12.1 Å². The van der Waals surface area contributed by atoms with Crippen molar-refractivity contribution in [1.29, 1.82) is 0 Å². The molecule has 0 saturated carbocycles. The van der Waals surface area contributed by atoms with Gasteiger partial charge in [0.15, 0.2) is 0 Å². The SMILES string of the molecule is Cc1nn(CC(F)(F)F)c(C)c1C(C)C(=O)N[C@H](C(=O)O)C(C)C. The van der Waals surface area contributed by atoms with Crippen LogP contribution in [-0.4, -0.2) is 39.0 Å². The Labute approximate surface area is 138 Å². The molecule has 1 aromatic rings. The standard InChI is InChI=1S/C15H22F3N3O3/c1-7(2)12(14(23)24)19-13(22)8(3)11-9(4)20-21(10(11)5)6-15(16,17)18/h7-8,12H,6H2,1-5H3,(H,19,22)(H,23,24)/t8?,12-/m0/s1. The fraction of sp³-hybridized carbons (Fsp3) is 0.667. The van der Waals surface area contributed by atoms with Crippen molar-refractivity contribution in [1.82, 2.24) is 15.1 Å². The summed E-state index contributed by atoms with van der Waals surface area (Å²) in [5.41, 5.74) is 0.935. The summed E-state index contributed by atoms with van der Waals surface area (Å²) in [6.07, 6.45) is -4.42. The molecule has 0 bridgehead atoms. The number of carbonyl (C=O) groups is 2. The van der Waals surface area contributed by atoms with E-state index in [2.05, 4.69) is 10.4 Å². The molecule has 0 aliphatic carbocycles. The zero-order valence-electron chi connectivity index (χ0n) is 14.2. The second kappa shape index (κ2) is 7.23. The van der Waals surface area contributed by atoms with E-state index in [0.29, 0.717) is 11.3 Å². The van der Waals surface area contributed by atoms with Crippen LogP contribution in [0.2, 0.25) is 0 Å². The molecular weight excluding hydrogens is 327 g/mol. The highest BCUT2D eigenvalue weighted by Crippen LogP contribution is 2.26. The first kappa shape index (κ1) is 20.0. The average Bonchev–Trinajstić information content (AvgIpc) is 2.66. The Bertz CT molecular complexity index is 623. The van der Waals surface area contributed by atoms with Crippen LogP contribution in [0.3, 0.4) is 0 Å². The van der Waals surface area contributed by atoms with Crippen molar-refractivity contribution in [3.05, 3.63) is 17.0 Å². The van der Waals surface area contributed by atoms with Gasteiger partial charge in [-0.3, -0.25) is 9.48 Å². The Kier molecular flexibility index (Phi) is 6.02. The van der Waals surface area contributed by atoms with Crippen LogP contribution >= 0.6 is 0 Å². The zero-order valence-corrected chi connectivity index (χ0v) is 14.2. The van der Waals surface area contributed by atoms with Crippen LogP contribution in [0.1, 0.15) is 43.6 Å². The zero-order chi connectivity index (χ0) is 18.8. The molecule has 1 heterocycles. The number of carboxylic acid groups (broad SMARTS) is 1. The van der Waals surface area contributed by atoms with Crippen LogP contribution in [0.4, 0.5) is 13.2 Å². The molecule has 1 rings (SSSR count). The molecule has 0 fully saturated rings. The van der Waals surface area contributed by atoms with E-state index < -0.39 is 36.6 Å². The minimum Gasteiger partial charge on any atom is -0.480 e. The normalized spacial score (nSPS) is 14.5. The summed E-state index contributed by atoms with van der Waals surface area (Å²) in [4.78, 5) is 23.5. The van der Waals surface area contributed by atoms with Gasteiger partial charge in [-0.1, -0.05) is 13.8 Å². The lowest BCUT2D eigenvalue weighted by Gasteiger charge is -2.21. The number of amides is 1. The smallest absolute Gasteiger partial charge is 0.408 e. The first-order valence-electron chi connectivity index (χ1n) is 7.49. The van der Waals surface area contributed by atoms with E-state index in [-0.39, 0.29) is 11.6 Å². The molecule has 1 aromatic heterocycles. The lowest BCUT2D eigenvalue weighted by Crippen LogP contribution is -2.45. The number of rotatable bonds is 6. The van der Waals surface area contributed by atoms with Gasteiger partial charge in [-0.25, -0.2) is 4.79 Å². The Hall–Kier alpha value is -2.06. The van der Waals surface area contributed by atoms with Gasteiger partial charge in [-0.15, -0.1) is 0 Å². The molecule has 0 aliphatic rings. The summed E-state index contributed by atoms with van der Waals surface area (Å²) in [5.74, 6) is -2.86. The highest BCUT2D eigenvalue weighted by molar-refractivity contribution is 5.88. The molecule has 2 atom stereocenters. The molecule has 24 heavy (non-hydrogen) atoms. The van der Waals surface area contributed by atoms with Crippen LogP contribution in [0.25, 0.3) is 0 Å². The molecule has 1 amide bonds. The van der Waals surface area contributed by atoms with Gasteiger partial charge in [0.1, 0.15) is 12.6 Å². The number of nitrogens with zero attached hydrogens (tertiary/aromatic N) is 2. The molecule has 9 heteroatoms. The molecule has 0 saturated heterocycles. The van der Waals surface area contributed by atoms with Crippen molar-refractivity contribution in [2.75, 3.05) is 0 Å². The molecular formula is C15H22F3N3O3. The predicted octanol–water partition coefficient (Wildman–Crippen LogP) is 2.39. The number of hydrogen-bond donors (Lipinski definition) is 2. The van der Waals surface area contributed by atoms with Crippen molar-refractivity contribution in [2.24, 2.45) is 5.92 Å². The van der Waals surface area contributed by atoms with Crippen molar-refractivity contribution in [3.63, 3.8) is 0 Å². The number of carbonyl (C=O) groups excluding carboxylic acids is 1. The number of nitrogens with one attached hydrogen (secondary N) is 1. The number of aromatic nitrogens is 2. The maximum absolute atomic E-state index is 12.6. The van der Waals surface area contributed by atoms with Gasteiger partial charge in [0, 0.05) is 11.3 Å². The molecule has 0 aromatic carbocycles. The highest BCUT2D eigenvalue weighted by Gasteiger charge is 2.32. The Morgan fingerprint density at radius 3 is 2.21 bits per heavy atom. The van der Waals surface area contributed by atoms with Crippen molar-refractivity contribution >= 4 is 11.9 Å². The summed E-state index contributed by atoms with van der Waals surface area (Å²) in [6, 6.07) is -1.06. The first-order chi connectivity index (χ1) is 10.8. The number of carboxylic acids is 1. The van der Waals surface area contributed by atoms with Crippen LogP contribution in [-0.2, 0) is 16.1 Å². The fourth-order valence-electron chi connectivity index (χ4n) is 2.58. The third kappa shape index (κ3) is 4.72. The number of halogens is 3.